The molecule has 2 fully saturated rings. The fourth-order valence-electron chi connectivity index (χ4n) is 2.20. The minimum absolute atomic E-state index is 0.196. The highest BCUT2D eigenvalue weighted by Gasteiger charge is 2.66. The summed E-state index contributed by atoms with van der Waals surface area (Å²) < 4.78 is 12.3. The predicted octanol–water partition coefficient (Wildman–Crippen LogP) is 1.17. The van der Waals surface area contributed by atoms with Crippen LogP contribution >= 0.6 is 27.3 Å². The summed E-state index contributed by atoms with van der Waals surface area (Å²) in [6, 6.07) is 3.68. The van der Waals surface area contributed by atoms with Crippen LogP contribution in [0.3, 0.4) is 0 Å². The average Bonchev–Trinajstić information content (AvgIpc) is 2.78. The van der Waals surface area contributed by atoms with Crippen LogP contribution in [-0.4, -0.2) is 18.5 Å². The second-order valence-electron chi connectivity index (χ2n) is 3.85. The first-order valence-corrected chi connectivity index (χ1v) is 6.40. The van der Waals surface area contributed by atoms with Crippen LogP contribution < -0.4 is 4.78 Å². The molecule has 0 spiro atoms. The summed E-state index contributed by atoms with van der Waals surface area (Å²) in [5, 5.41) is 0. The molecule has 7 heteroatoms. The van der Waals surface area contributed by atoms with E-state index < -0.39 is 6.55 Å². The second-order valence-corrected chi connectivity index (χ2v) is 6.34. The minimum atomic E-state index is -1.97. The van der Waals surface area contributed by atoms with Gasteiger partial charge in [0.05, 0.1) is 3.79 Å². The summed E-state index contributed by atoms with van der Waals surface area (Å²) in [7, 11) is 0. The van der Waals surface area contributed by atoms with E-state index in [0.29, 0.717) is 0 Å². The maximum absolute atomic E-state index is 11.3. The molecule has 0 bridgehead atoms. The van der Waals surface area contributed by atoms with Crippen molar-refractivity contribution in [3.8, 4) is 0 Å². The standard InChI is InChI=1S/C9H6BBrO4S/c11-7-2-1-6(16-7)10-5(3-8(12)14-10)4-9(13)15-10/h1-2H,3-4H2. The number of fused-ring (bicyclic) bond motifs is 1. The van der Waals surface area contributed by atoms with Crippen molar-refractivity contribution in [3.63, 3.8) is 0 Å². The van der Waals surface area contributed by atoms with Gasteiger partial charge in [-0.1, -0.05) is 6.07 Å². The molecule has 0 aromatic carbocycles. The van der Waals surface area contributed by atoms with Gasteiger partial charge < -0.3 is 9.31 Å². The first-order chi connectivity index (χ1) is 7.60. The van der Waals surface area contributed by atoms with E-state index in [0.717, 1.165) is 14.4 Å². The molecule has 3 heterocycles. The van der Waals surface area contributed by atoms with Gasteiger partial charge in [-0.2, -0.15) is 11.3 Å². The Morgan fingerprint density at radius 3 is 2.38 bits per heavy atom. The first kappa shape index (κ1) is 10.2. The number of rotatable bonds is 1. The zero-order valence-electron chi connectivity index (χ0n) is 8.07. The molecule has 1 aromatic heterocycles. The Labute approximate surface area is 104 Å². The van der Waals surface area contributed by atoms with Crippen molar-refractivity contribution < 1.29 is 18.9 Å². The lowest BCUT2D eigenvalue weighted by Gasteiger charge is -2.22. The third-order valence-electron chi connectivity index (χ3n) is 2.84. The molecule has 0 saturated carbocycles. The molecule has 2 saturated heterocycles. The second kappa shape index (κ2) is 3.27. The SMILES string of the molecule is O=C1C[C+]2CC(=O)O[B-]2(c2ccc(Br)s2)O1. The van der Waals surface area contributed by atoms with Crippen molar-refractivity contribution in [3.05, 3.63) is 21.7 Å². The summed E-state index contributed by atoms with van der Waals surface area (Å²) in [5.74, 6) is 0.142. The fraction of sp³-hybridized carbons (Fsp3) is 0.222. The molecule has 4 nitrogen and oxygen atoms in total. The number of carbonyl (C=O) groups is 2. The molecule has 0 aliphatic carbocycles. The summed E-state index contributed by atoms with van der Waals surface area (Å²) in [6.45, 7) is -1.97. The van der Waals surface area contributed by atoms with Crippen molar-refractivity contribution in [2.75, 3.05) is 0 Å². The maximum atomic E-state index is 11.3. The predicted molar refractivity (Wildman–Crippen MR) is 62.1 cm³/mol. The van der Waals surface area contributed by atoms with E-state index >= 15 is 0 Å². The van der Waals surface area contributed by atoms with E-state index in [9.17, 15) is 9.59 Å². The van der Waals surface area contributed by atoms with Gasteiger partial charge in [-0.15, -0.1) is 0 Å². The van der Waals surface area contributed by atoms with Crippen LogP contribution in [0.2, 0.25) is 0 Å². The summed E-state index contributed by atoms with van der Waals surface area (Å²) in [6.07, 6.45) is 0.391. The Balaban J connectivity index is 2.07. The fourth-order valence-corrected chi connectivity index (χ4v) is 3.80. The van der Waals surface area contributed by atoms with Crippen LogP contribution in [0.5, 0.6) is 0 Å². The molecule has 0 N–H and O–H groups in total. The van der Waals surface area contributed by atoms with Crippen LogP contribution in [0, 0.1) is 5.82 Å². The zero-order valence-corrected chi connectivity index (χ0v) is 10.5. The van der Waals surface area contributed by atoms with Crippen molar-refractivity contribution in [2.45, 2.75) is 12.8 Å². The van der Waals surface area contributed by atoms with Crippen LogP contribution in [0.1, 0.15) is 12.8 Å². The lowest BCUT2D eigenvalue weighted by molar-refractivity contribution is -0.138. The summed E-state index contributed by atoms with van der Waals surface area (Å²) in [5.41, 5.74) is 0. The number of hydrogen-bond donors (Lipinski definition) is 0. The van der Waals surface area contributed by atoms with Gasteiger partial charge in [-0.05, 0) is 26.8 Å². The first-order valence-electron chi connectivity index (χ1n) is 4.79. The number of halogens is 1. The zero-order chi connectivity index (χ0) is 11.3. The molecule has 0 radical (unpaired) electrons. The van der Waals surface area contributed by atoms with Gasteiger partial charge in [0, 0.05) is 5.82 Å². The maximum Gasteiger partial charge on any atom is 0.598 e. The van der Waals surface area contributed by atoms with Crippen molar-refractivity contribution in [1.29, 1.82) is 0 Å². The molecule has 0 atom stereocenters. The molecule has 16 heavy (non-hydrogen) atoms. The van der Waals surface area contributed by atoms with Crippen LogP contribution in [0.15, 0.2) is 15.9 Å². The molecule has 2 aliphatic rings. The molecule has 2 aliphatic heterocycles. The van der Waals surface area contributed by atoms with Gasteiger partial charge in [-0.3, -0.25) is 9.59 Å². The molecular formula is C9H6BBrO4S. The van der Waals surface area contributed by atoms with Crippen molar-refractivity contribution in [2.24, 2.45) is 0 Å². The van der Waals surface area contributed by atoms with Crippen molar-refractivity contribution >= 4 is 50.5 Å². The van der Waals surface area contributed by atoms with E-state index in [-0.39, 0.29) is 24.8 Å². The van der Waals surface area contributed by atoms with E-state index in [1.165, 1.54) is 11.3 Å². The Hall–Kier alpha value is -0.945. The molecule has 1 aromatic rings. The lowest BCUT2D eigenvalue weighted by Crippen LogP contribution is -2.51. The Kier molecular flexibility index (Phi) is 2.09. The van der Waals surface area contributed by atoms with Crippen LogP contribution in [0.4, 0.5) is 0 Å². The van der Waals surface area contributed by atoms with Gasteiger partial charge in [0.15, 0.2) is 0 Å². The monoisotopic (exact) mass is 300 g/mol. The topological polar surface area (TPSA) is 52.6 Å². The Bertz CT molecular complexity index is 466. The highest BCUT2D eigenvalue weighted by Crippen LogP contribution is 2.41. The number of hydrogen-bond acceptors (Lipinski definition) is 5. The van der Waals surface area contributed by atoms with Crippen molar-refractivity contribution in [1.82, 2.24) is 0 Å². The van der Waals surface area contributed by atoms with Gasteiger partial charge >= 0.3 is 18.5 Å². The molecule has 82 valence electrons. The van der Waals surface area contributed by atoms with E-state index in [2.05, 4.69) is 15.9 Å². The van der Waals surface area contributed by atoms with Crippen LogP contribution in [-0.2, 0) is 18.9 Å². The van der Waals surface area contributed by atoms with Crippen LogP contribution in [0.25, 0.3) is 0 Å². The van der Waals surface area contributed by atoms with E-state index in [1.54, 1.807) is 0 Å². The van der Waals surface area contributed by atoms with Gasteiger partial charge in [0.25, 0.3) is 0 Å². The minimum Gasteiger partial charge on any atom is -0.609 e. The molecule has 0 amide bonds. The molecule has 0 unspecified atom stereocenters. The third-order valence-corrected chi connectivity index (χ3v) is 4.61. The summed E-state index contributed by atoms with van der Waals surface area (Å²) >= 11 is 4.77. The van der Waals surface area contributed by atoms with Gasteiger partial charge in [0.1, 0.15) is 12.8 Å². The Morgan fingerprint density at radius 1 is 1.25 bits per heavy atom. The lowest BCUT2D eigenvalue weighted by atomic mass is 9.48. The molecular weight excluding hydrogens is 295 g/mol. The highest BCUT2D eigenvalue weighted by atomic mass is 79.9. The third kappa shape index (κ3) is 1.31. The molecule has 3 rings (SSSR count). The quantitative estimate of drug-likeness (QED) is 0.577. The summed E-state index contributed by atoms with van der Waals surface area (Å²) in [4.78, 5) is 22.6. The van der Waals surface area contributed by atoms with Gasteiger partial charge in [0.2, 0.25) is 0 Å². The Morgan fingerprint density at radius 2 is 1.88 bits per heavy atom. The van der Waals surface area contributed by atoms with E-state index in [4.69, 9.17) is 9.31 Å². The smallest absolute Gasteiger partial charge is 0.598 e. The number of carbonyl (C=O) groups excluding carboxylic acids is 2. The normalized spacial score (nSPS) is 21.9. The largest absolute Gasteiger partial charge is 0.609 e. The van der Waals surface area contributed by atoms with E-state index in [1.807, 2.05) is 12.1 Å². The number of thiophene rings is 1. The van der Waals surface area contributed by atoms with Gasteiger partial charge in [-0.25, -0.2) is 0 Å². The average molecular weight is 301 g/mol. The highest BCUT2D eigenvalue weighted by molar-refractivity contribution is 9.11.